The van der Waals surface area contributed by atoms with Crippen molar-refractivity contribution in [3.05, 3.63) is 17.7 Å². The molecular weight excluding hydrogens is 228 g/mol. The Morgan fingerprint density at radius 3 is 3.11 bits per heavy atom. The van der Waals surface area contributed by atoms with E-state index < -0.39 is 0 Å². The number of hydrogen-bond donors (Lipinski definition) is 3. The van der Waals surface area contributed by atoms with Gasteiger partial charge in [-0.1, -0.05) is 20.8 Å². The number of fused-ring (bicyclic) bond motifs is 1. The molecule has 2 rings (SSSR count). The zero-order valence-electron chi connectivity index (χ0n) is 11.3. The smallest absolute Gasteiger partial charge is 0.237 e. The molecule has 0 bridgehead atoms. The highest BCUT2D eigenvalue weighted by Crippen LogP contribution is 2.18. The zero-order valence-corrected chi connectivity index (χ0v) is 11.3. The van der Waals surface area contributed by atoms with E-state index in [0.717, 1.165) is 17.8 Å². The second-order valence-corrected chi connectivity index (χ2v) is 5.70. The van der Waals surface area contributed by atoms with Crippen LogP contribution in [-0.2, 0) is 17.8 Å². The van der Waals surface area contributed by atoms with Gasteiger partial charge in [-0.15, -0.1) is 0 Å². The summed E-state index contributed by atoms with van der Waals surface area (Å²) < 4.78 is 0. The van der Waals surface area contributed by atoms with Crippen LogP contribution in [0.1, 0.15) is 38.6 Å². The van der Waals surface area contributed by atoms with E-state index >= 15 is 0 Å². The monoisotopic (exact) mass is 250 g/mol. The van der Waals surface area contributed by atoms with Crippen molar-refractivity contribution in [3.63, 3.8) is 0 Å². The SMILES string of the molecule is CCC(C)(C)CNC(=O)C1Cc2nc[nH]c2CN1. The van der Waals surface area contributed by atoms with Gasteiger partial charge in [-0.3, -0.25) is 10.1 Å². The van der Waals surface area contributed by atoms with Crippen LogP contribution in [0, 0.1) is 5.41 Å². The molecule has 5 nitrogen and oxygen atoms in total. The maximum Gasteiger partial charge on any atom is 0.237 e. The van der Waals surface area contributed by atoms with Gasteiger partial charge in [-0.2, -0.15) is 0 Å². The minimum atomic E-state index is -0.159. The van der Waals surface area contributed by atoms with Crippen LogP contribution in [0.15, 0.2) is 6.33 Å². The number of nitrogens with one attached hydrogen (secondary N) is 3. The molecule has 2 heterocycles. The van der Waals surface area contributed by atoms with Crippen LogP contribution >= 0.6 is 0 Å². The fourth-order valence-electron chi connectivity index (χ4n) is 1.93. The minimum absolute atomic E-state index is 0.0742. The summed E-state index contributed by atoms with van der Waals surface area (Å²) >= 11 is 0. The molecule has 0 aromatic carbocycles. The highest BCUT2D eigenvalue weighted by Gasteiger charge is 2.26. The van der Waals surface area contributed by atoms with Gasteiger partial charge in [0.2, 0.25) is 5.91 Å². The fraction of sp³-hybridized carbons (Fsp3) is 0.692. The number of carbonyl (C=O) groups is 1. The summed E-state index contributed by atoms with van der Waals surface area (Å²) in [6, 6.07) is -0.159. The van der Waals surface area contributed by atoms with Crippen molar-refractivity contribution in [2.24, 2.45) is 5.41 Å². The lowest BCUT2D eigenvalue weighted by Gasteiger charge is -2.26. The Morgan fingerprint density at radius 2 is 2.39 bits per heavy atom. The standard InChI is InChI=1S/C13H22N4O/c1-4-13(2,3)7-15-12(18)10-5-9-11(6-14-10)17-8-16-9/h8,10,14H,4-7H2,1-3H3,(H,15,18)(H,16,17). The topological polar surface area (TPSA) is 69.8 Å². The summed E-state index contributed by atoms with van der Waals surface area (Å²) in [5.41, 5.74) is 2.25. The van der Waals surface area contributed by atoms with Crippen molar-refractivity contribution in [1.29, 1.82) is 0 Å². The van der Waals surface area contributed by atoms with E-state index in [4.69, 9.17) is 0 Å². The minimum Gasteiger partial charge on any atom is -0.354 e. The Hall–Kier alpha value is -1.36. The summed E-state index contributed by atoms with van der Waals surface area (Å²) in [5, 5.41) is 6.26. The summed E-state index contributed by atoms with van der Waals surface area (Å²) in [4.78, 5) is 19.4. The average molecular weight is 250 g/mol. The maximum atomic E-state index is 12.1. The lowest BCUT2D eigenvalue weighted by molar-refractivity contribution is -0.123. The lowest BCUT2D eigenvalue weighted by Crippen LogP contribution is -2.49. The molecule has 1 unspecified atom stereocenters. The van der Waals surface area contributed by atoms with Gasteiger partial charge in [0.1, 0.15) is 0 Å². The molecule has 1 aliphatic rings. The molecule has 0 saturated heterocycles. The predicted octanol–water partition coefficient (Wildman–Crippen LogP) is 0.976. The first-order valence-electron chi connectivity index (χ1n) is 6.54. The zero-order chi connectivity index (χ0) is 13.2. The number of imidazole rings is 1. The van der Waals surface area contributed by atoms with E-state index in [-0.39, 0.29) is 17.4 Å². The molecule has 1 aromatic rings. The molecule has 1 atom stereocenters. The Bertz CT molecular complexity index is 424. The van der Waals surface area contributed by atoms with E-state index in [2.05, 4.69) is 41.4 Å². The quantitative estimate of drug-likeness (QED) is 0.746. The average Bonchev–Trinajstić information content (AvgIpc) is 2.83. The molecule has 1 amide bonds. The van der Waals surface area contributed by atoms with Crippen molar-refractivity contribution >= 4 is 5.91 Å². The van der Waals surface area contributed by atoms with Crippen molar-refractivity contribution in [1.82, 2.24) is 20.6 Å². The van der Waals surface area contributed by atoms with Crippen LogP contribution in [0.3, 0.4) is 0 Å². The van der Waals surface area contributed by atoms with Crippen molar-refractivity contribution in [2.45, 2.75) is 46.2 Å². The van der Waals surface area contributed by atoms with Gasteiger partial charge in [-0.25, -0.2) is 4.98 Å². The number of aromatic nitrogens is 2. The first-order chi connectivity index (χ1) is 8.52. The maximum absolute atomic E-state index is 12.1. The van der Waals surface area contributed by atoms with Crippen LogP contribution in [0.2, 0.25) is 0 Å². The lowest BCUT2D eigenvalue weighted by atomic mass is 9.90. The fourth-order valence-corrected chi connectivity index (χ4v) is 1.93. The number of carbonyl (C=O) groups excluding carboxylic acids is 1. The summed E-state index contributed by atoms with van der Waals surface area (Å²) in [7, 11) is 0. The third-order valence-corrected chi connectivity index (χ3v) is 3.74. The largest absolute Gasteiger partial charge is 0.354 e. The molecule has 0 spiro atoms. The number of nitrogens with zero attached hydrogens (tertiary/aromatic N) is 1. The van der Waals surface area contributed by atoms with Crippen molar-refractivity contribution in [2.75, 3.05) is 6.54 Å². The van der Waals surface area contributed by atoms with E-state index in [0.29, 0.717) is 19.5 Å². The van der Waals surface area contributed by atoms with Gasteiger partial charge in [0.05, 0.1) is 23.8 Å². The van der Waals surface area contributed by atoms with Gasteiger partial charge >= 0.3 is 0 Å². The summed E-state index contributed by atoms with van der Waals surface area (Å²) in [5.74, 6) is 0.0742. The number of amides is 1. The van der Waals surface area contributed by atoms with E-state index in [1.807, 2.05) is 0 Å². The molecule has 1 aromatic heterocycles. The van der Waals surface area contributed by atoms with Gasteiger partial charge < -0.3 is 10.3 Å². The Labute approximate surface area is 108 Å². The van der Waals surface area contributed by atoms with Crippen LogP contribution in [0.4, 0.5) is 0 Å². The molecule has 100 valence electrons. The van der Waals surface area contributed by atoms with Gasteiger partial charge in [0.25, 0.3) is 0 Å². The first kappa shape index (κ1) is 13.1. The highest BCUT2D eigenvalue weighted by molar-refractivity contribution is 5.82. The van der Waals surface area contributed by atoms with Gasteiger partial charge in [-0.05, 0) is 11.8 Å². The van der Waals surface area contributed by atoms with Crippen LogP contribution < -0.4 is 10.6 Å². The molecule has 18 heavy (non-hydrogen) atoms. The predicted molar refractivity (Wildman–Crippen MR) is 70.0 cm³/mol. The molecule has 0 saturated carbocycles. The molecule has 0 radical (unpaired) electrons. The third-order valence-electron chi connectivity index (χ3n) is 3.74. The number of hydrogen-bond acceptors (Lipinski definition) is 3. The third kappa shape index (κ3) is 2.90. The Balaban J connectivity index is 1.88. The first-order valence-corrected chi connectivity index (χ1v) is 6.54. The highest BCUT2D eigenvalue weighted by atomic mass is 16.2. The molecule has 1 aliphatic heterocycles. The second-order valence-electron chi connectivity index (χ2n) is 5.70. The van der Waals surface area contributed by atoms with E-state index in [1.54, 1.807) is 6.33 Å². The molecular formula is C13H22N4O. The summed E-state index contributed by atoms with van der Waals surface area (Å²) in [6.45, 7) is 7.86. The van der Waals surface area contributed by atoms with E-state index in [1.165, 1.54) is 0 Å². The van der Waals surface area contributed by atoms with Crippen molar-refractivity contribution in [3.8, 4) is 0 Å². The van der Waals surface area contributed by atoms with Gasteiger partial charge in [0, 0.05) is 19.5 Å². The summed E-state index contributed by atoms with van der Waals surface area (Å²) in [6.07, 6.45) is 3.40. The second kappa shape index (κ2) is 5.10. The number of aromatic amines is 1. The van der Waals surface area contributed by atoms with Crippen molar-refractivity contribution < 1.29 is 4.79 Å². The Morgan fingerprint density at radius 1 is 1.61 bits per heavy atom. The molecule has 0 fully saturated rings. The number of rotatable bonds is 4. The molecule has 3 N–H and O–H groups in total. The number of H-pyrrole nitrogens is 1. The Kier molecular flexibility index (Phi) is 3.71. The van der Waals surface area contributed by atoms with Crippen LogP contribution in [0.5, 0.6) is 0 Å². The van der Waals surface area contributed by atoms with E-state index in [9.17, 15) is 4.79 Å². The van der Waals surface area contributed by atoms with Gasteiger partial charge in [0.15, 0.2) is 0 Å². The normalized spacial score (nSPS) is 19.4. The van der Waals surface area contributed by atoms with Crippen LogP contribution in [-0.4, -0.2) is 28.5 Å². The molecule has 0 aliphatic carbocycles. The van der Waals surface area contributed by atoms with Crippen LogP contribution in [0.25, 0.3) is 0 Å². The molecule has 5 heteroatoms.